The van der Waals surface area contributed by atoms with E-state index in [9.17, 15) is 9.90 Å². The largest absolute Gasteiger partial charge is 0.466 e. The van der Waals surface area contributed by atoms with Gasteiger partial charge in [-0.25, -0.2) is 0 Å². The Morgan fingerprint density at radius 2 is 2.40 bits per heavy atom. The summed E-state index contributed by atoms with van der Waals surface area (Å²) in [4.78, 5) is 12.8. The highest BCUT2D eigenvalue weighted by atomic mass is 35.5. The van der Waals surface area contributed by atoms with Crippen molar-refractivity contribution in [2.75, 3.05) is 6.54 Å². The van der Waals surface area contributed by atoms with Gasteiger partial charge in [0.05, 0.1) is 17.8 Å². The molecule has 0 aliphatic rings. The van der Waals surface area contributed by atoms with E-state index in [0.717, 1.165) is 4.88 Å². The molecular formula is C14H16ClNO3S. The van der Waals surface area contributed by atoms with E-state index in [1.165, 1.54) is 17.6 Å². The van der Waals surface area contributed by atoms with Crippen LogP contribution >= 0.6 is 22.9 Å². The van der Waals surface area contributed by atoms with Gasteiger partial charge in [-0.15, -0.1) is 11.3 Å². The van der Waals surface area contributed by atoms with Gasteiger partial charge in [0.15, 0.2) is 0 Å². The zero-order valence-corrected chi connectivity index (χ0v) is 12.6. The first-order chi connectivity index (χ1) is 9.47. The summed E-state index contributed by atoms with van der Waals surface area (Å²) in [6.07, 6.45) is 2.50. The van der Waals surface area contributed by atoms with Crippen LogP contribution in [0, 0.1) is 0 Å². The third-order valence-electron chi connectivity index (χ3n) is 2.90. The third-order valence-corrected chi connectivity index (χ3v) is 4.25. The lowest BCUT2D eigenvalue weighted by Gasteiger charge is -2.21. The van der Waals surface area contributed by atoms with Gasteiger partial charge >= 0.3 is 0 Å². The predicted octanol–water partition coefficient (Wildman–Crippen LogP) is 2.95. The normalized spacial score (nSPS) is 13.9. The van der Waals surface area contributed by atoms with Crippen molar-refractivity contribution in [3.05, 3.63) is 45.5 Å². The SMILES string of the molecule is CC(O)(CNC(=O)CCc1cc(Cl)cs1)c1ccco1. The molecule has 20 heavy (non-hydrogen) atoms. The van der Waals surface area contributed by atoms with Gasteiger partial charge in [0, 0.05) is 16.7 Å². The number of carbonyl (C=O) groups excluding carboxylic acids is 1. The van der Waals surface area contributed by atoms with Crippen molar-refractivity contribution < 1.29 is 14.3 Å². The molecule has 2 N–H and O–H groups in total. The molecule has 2 rings (SSSR count). The molecule has 4 nitrogen and oxygen atoms in total. The van der Waals surface area contributed by atoms with Crippen LogP contribution in [0.5, 0.6) is 0 Å². The maximum absolute atomic E-state index is 11.8. The van der Waals surface area contributed by atoms with Gasteiger partial charge in [0.25, 0.3) is 0 Å². The molecule has 0 bridgehead atoms. The predicted molar refractivity (Wildman–Crippen MR) is 78.9 cm³/mol. The zero-order chi connectivity index (χ0) is 14.6. The molecule has 0 radical (unpaired) electrons. The average Bonchev–Trinajstić information content (AvgIpc) is 3.05. The number of furan rings is 1. The molecule has 108 valence electrons. The molecule has 0 aliphatic heterocycles. The number of hydrogen-bond donors (Lipinski definition) is 2. The highest BCUT2D eigenvalue weighted by Gasteiger charge is 2.26. The van der Waals surface area contributed by atoms with Crippen LogP contribution in [-0.2, 0) is 16.8 Å². The van der Waals surface area contributed by atoms with Gasteiger partial charge in [-0.05, 0) is 31.5 Å². The van der Waals surface area contributed by atoms with Gasteiger partial charge in [0.1, 0.15) is 11.4 Å². The Hall–Kier alpha value is -1.30. The van der Waals surface area contributed by atoms with Crippen LogP contribution in [-0.4, -0.2) is 17.6 Å². The molecule has 6 heteroatoms. The van der Waals surface area contributed by atoms with E-state index in [0.29, 0.717) is 23.6 Å². The van der Waals surface area contributed by atoms with Crippen LogP contribution in [0.15, 0.2) is 34.3 Å². The van der Waals surface area contributed by atoms with Crippen molar-refractivity contribution in [1.82, 2.24) is 5.32 Å². The number of rotatable bonds is 6. The number of halogens is 1. The molecule has 0 spiro atoms. The summed E-state index contributed by atoms with van der Waals surface area (Å²) >= 11 is 7.36. The van der Waals surface area contributed by atoms with E-state index in [1.807, 2.05) is 11.4 Å². The van der Waals surface area contributed by atoms with Crippen molar-refractivity contribution in [1.29, 1.82) is 0 Å². The molecule has 2 heterocycles. The fraction of sp³-hybridized carbons (Fsp3) is 0.357. The second-order valence-corrected chi connectivity index (χ2v) is 6.19. The molecule has 0 aromatic carbocycles. The zero-order valence-electron chi connectivity index (χ0n) is 11.1. The molecule has 1 amide bonds. The highest BCUT2D eigenvalue weighted by Crippen LogP contribution is 2.21. The van der Waals surface area contributed by atoms with Crippen molar-refractivity contribution in [2.24, 2.45) is 0 Å². The molecule has 0 aliphatic carbocycles. The van der Waals surface area contributed by atoms with Gasteiger partial charge in [-0.2, -0.15) is 0 Å². The minimum absolute atomic E-state index is 0.110. The molecule has 0 fully saturated rings. The average molecular weight is 314 g/mol. The number of thiophene rings is 1. The minimum Gasteiger partial charge on any atom is -0.466 e. The van der Waals surface area contributed by atoms with E-state index in [4.69, 9.17) is 16.0 Å². The molecule has 0 saturated carbocycles. The van der Waals surface area contributed by atoms with Crippen LogP contribution in [0.3, 0.4) is 0 Å². The van der Waals surface area contributed by atoms with Crippen molar-refractivity contribution in [3.63, 3.8) is 0 Å². The molecular weight excluding hydrogens is 298 g/mol. The lowest BCUT2D eigenvalue weighted by Crippen LogP contribution is -2.38. The van der Waals surface area contributed by atoms with E-state index in [2.05, 4.69) is 5.32 Å². The summed E-state index contributed by atoms with van der Waals surface area (Å²) in [5.41, 5.74) is -1.20. The topological polar surface area (TPSA) is 62.5 Å². The molecule has 2 aromatic rings. The smallest absolute Gasteiger partial charge is 0.220 e. The number of aliphatic hydroxyl groups is 1. The van der Waals surface area contributed by atoms with E-state index >= 15 is 0 Å². The standard InChI is InChI=1S/C14H16ClNO3S/c1-14(18,12-3-2-6-19-12)9-16-13(17)5-4-11-7-10(15)8-20-11/h2-3,6-8,18H,4-5,9H2,1H3,(H,16,17). The number of aryl methyl sites for hydroxylation is 1. The Bertz CT molecular complexity index is 563. The molecule has 1 unspecified atom stereocenters. The molecule has 0 saturated heterocycles. The molecule has 2 aromatic heterocycles. The summed E-state index contributed by atoms with van der Waals surface area (Å²) in [5, 5.41) is 15.4. The first-order valence-corrected chi connectivity index (χ1v) is 7.49. The Morgan fingerprint density at radius 1 is 1.60 bits per heavy atom. The quantitative estimate of drug-likeness (QED) is 0.862. The summed E-state index contributed by atoms with van der Waals surface area (Å²) in [5.74, 6) is 0.323. The maximum Gasteiger partial charge on any atom is 0.220 e. The Balaban J connectivity index is 1.77. The number of nitrogens with one attached hydrogen (secondary N) is 1. The van der Waals surface area contributed by atoms with Crippen LogP contribution in [0.4, 0.5) is 0 Å². The van der Waals surface area contributed by atoms with Crippen molar-refractivity contribution in [2.45, 2.75) is 25.4 Å². The lowest BCUT2D eigenvalue weighted by atomic mass is 10.0. The fourth-order valence-electron chi connectivity index (χ4n) is 1.75. The fourth-order valence-corrected chi connectivity index (χ4v) is 2.83. The van der Waals surface area contributed by atoms with Crippen molar-refractivity contribution in [3.8, 4) is 0 Å². The summed E-state index contributed by atoms with van der Waals surface area (Å²) in [7, 11) is 0. The van der Waals surface area contributed by atoms with Crippen molar-refractivity contribution >= 4 is 28.8 Å². The number of amides is 1. The van der Waals surface area contributed by atoms with Gasteiger partial charge in [0.2, 0.25) is 5.91 Å². The van der Waals surface area contributed by atoms with E-state index in [1.54, 1.807) is 19.1 Å². The second-order valence-electron chi connectivity index (χ2n) is 4.76. The third kappa shape index (κ3) is 4.10. The second kappa shape index (κ2) is 6.43. The van der Waals surface area contributed by atoms with Crippen LogP contribution < -0.4 is 5.32 Å². The van der Waals surface area contributed by atoms with E-state index < -0.39 is 5.60 Å². The van der Waals surface area contributed by atoms with Gasteiger partial charge in [-0.1, -0.05) is 11.6 Å². The first kappa shape index (κ1) is 15.1. The monoisotopic (exact) mass is 313 g/mol. The van der Waals surface area contributed by atoms with Gasteiger partial charge < -0.3 is 14.8 Å². The summed E-state index contributed by atoms with van der Waals surface area (Å²) in [6, 6.07) is 5.24. The molecule has 1 atom stereocenters. The minimum atomic E-state index is -1.20. The Kier molecular flexibility index (Phi) is 4.86. The summed E-state index contributed by atoms with van der Waals surface area (Å²) < 4.78 is 5.15. The summed E-state index contributed by atoms with van der Waals surface area (Å²) in [6.45, 7) is 1.72. The van der Waals surface area contributed by atoms with Crippen LogP contribution in [0.1, 0.15) is 24.0 Å². The lowest BCUT2D eigenvalue weighted by molar-refractivity contribution is -0.122. The Morgan fingerprint density at radius 3 is 3.00 bits per heavy atom. The number of carbonyl (C=O) groups is 1. The van der Waals surface area contributed by atoms with Crippen LogP contribution in [0.25, 0.3) is 0 Å². The van der Waals surface area contributed by atoms with Gasteiger partial charge in [-0.3, -0.25) is 4.79 Å². The highest BCUT2D eigenvalue weighted by molar-refractivity contribution is 7.10. The van der Waals surface area contributed by atoms with E-state index in [-0.39, 0.29) is 12.5 Å². The maximum atomic E-state index is 11.8. The Labute approximate surface area is 126 Å². The first-order valence-electron chi connectivity index (χ1n) is 6.23. The van der Waals surface area contributed by atoms with Crippen LogP contribution in [0.2, 0.25) is 5.02 Å². The number of hydrogen-bond acceptors (Lipinski definition) is 4.